The molecule has 4 rings (SSSR count). The van der Waals surface area contributed by atoms with Gasteiger partial charge in [-0.3, -0.25) is 19.1 Å². The van der Waals surface area contributed by atoms with Crippen LogP contribution in [-0.4, -0.2) is 41.9 Å². The SMILES string of the molecule is O=C(c1ccn[nH]1)N1CCCCC1c1cc(=O)n2ccnc2[nH]1. The standard InChI is InChI=1S/C15H16N6O2/c22-13-9-11(18-15-16-6-8-21(13)15)12-3-1-2-7-20(12)14(23)10-4-5-17-19-10/h4-6,8-9,12H,1-3,7H2,(H,16,18)(H,17,19). The third-order valence-corrected chi connectivity index (χ3v) is 4.27. The molecule has 0 saturated carbocycles. The zero-order valence-electron chi connectivity index (χ0n) is 12.4. The van der Waals surface area contributed by atoms with E-state index in [0.29, 0.717) is 18.0 Å². The molecule has 1 saturated heterocycles. The predicted molar refractivity (Wildman–Crippen MR) is 82.0 cm³/mol. The summed E-state index contributed by atoms with van der Waals surface area (Å²) in [6, 6.07) is 3.06. The van der Waals surface area contributed by atoms with E-state index in [1.807, 2.05) is 0 Å². The lowest BCUT2D eigenvalue weighted by Crippen LogP contribution is -2.39. The average Bonchev–Trinajstić information content (AvgIpc) is 3.25. The number of carbonyl (C=O) groups is 1. The summed E-state index contributed by atoms with van der Waals surface area (Å²) >= 11 is 0. The number of fused-ring (bicyclic) bond motifs is 1. The highest BCUT2D eigenvalue weighted by Gasteiger charge is 2.30. The summed E-state index contributed by atoms with van der Waals surface area (Å²) in [5.41, 5.74) is 1.04. The number of likely N-dealkylation sites (tertiary alicyclic amines) is 1. The molecule has 1 amide bonds. The van der Waals surface area contributed by atoms with Gasteiger partial charge < -0.3 is 9.88 Å². The lowest BCUT2D eigenvalue weighted by Gasteiger charge is -2.35. The molecular formula is C15H16N6O2. The maximum Gasteiger partial charge on any atom is 0.272 e. The van der Waals surface area contributed by atoms with Gasteiger partial charge in [-0.2, -0.15) is 5.10 Å². The molecule has 3 aromatic rings. The van der Waals surface area contributed by atoms with Gasteiger partial charge in [0.25, 0.3) is 11.5 Å². The van der Waals surface area contributed by atoms with Crippen LogP contribution < -0.4 is 5.56 Å². The van der Waals surface area contributed by atoms with E-state index in [2.05, 4.69) is 20.2 Å². The van der Waals surface area contributed by atoms with Gasteiger partial charge in [0, 0.05) is 36.9 Å². The summed E-state index contributed by atoms with van der Waals surface area (Å²) in [4.78, 5) is 34.0. The predicted octanol–water partition coefficient (Wildman–Crippen LogP) is 1.11. The number of imidazole rings is 1. The molecule has 8 heteroatoms. The van der Waals surface area contributed by atoms with Gasteiger partial charge in [-0.25, -0.2) is 4.98 Å². The monoisotopic (exact) mass is 312 g/mol. The molecule has 1 atom stereocenters. The normalized spacial score (nSPS) is 18.4. The van der Waals surface area contributed by atoms with Crippen LogP contribution in [0.4, 0.5) is 0 Å². The minimum absolute atomic E-state index is 0.101. The topological polar surface area (TPSA) is 99.2 Å². The van der Waals surface area contributed by atoms with Crippen molar-refractivity contribution in [3.63, 3.8) is 0 Å². The van der Waals surface area contributed by atoms with E-state index in [-0.39, 0.29) is 17.5 Å². The van der Waals surface area contributed by atoms with E-state index in [1.165, 1.54) is 4.40 Å². The molecule has 0 radical (unpaired) electrons. The second-order valence-corrected chi connectivity index (χ2v) is 5.66. The number of aromatic nitrogens is 5. The van der Waals surface area contributed by atoms with Gasteiger partial charge in [-0.15, -0.1) is 0 Å². The Morgan fingerprint density at radius 2 is 2.22 bits per heavy atom. The molecular weight excluding hydrogens is 296 g/mol. The second-order valence-electron chi connectivity index (χ2n) is 5.66. The number of nitrogens with one attached hydrogen (secondary N) is 2. The number of nitrogens with zero attached hydrogens (tertiary/aromatic N) is 4. The Kier molecular flexibility index (Phi) is 3.22. The highest BCUT2D eigenvalue weighted by Crippen LogP contribution is 2.30. The van der Waals surface area contributed by atoms with E-state index in [4.69, 9.17) is 0 Å². The largest absolute Gasteiger partial charge is 0.329 e. The Morgan fingerprint density at radius 3 is 3.04 bits per heavy atom. The van der Waals surface area contributed by atoms with Crippen molar-refractivity contribution in [2.24, 2.45) is 0 Å². The van der Waals surface area contributed by atoms with Gasteiger partial charge in [-0.05, 0) is 25.3 Å². The van der Waals surface area contributed by atoms with Crippen molar-refractivity contribution in [3.8, 4) is 0 Å². The summed E-state index contributed by atoms with van der Waals surface area (Å²) in [5.74, 6) is 0.392. The lowest BCUT2D eigenvalue weighted by molar-refractivity contribution is 0.0600. The van der Waals surface area contributed by atoms with E-state index in [1.54, 1.807) is 35.6 Å². The molecule has 4 heterocycles. The molecule has 1 fully saturated rings. The maximum atomic E-state index is 12.7. The molecule has 2 N–H and O–H groups in total. The number of piperidine rings is 1. The van der Waals surface area contributed by atoms with Crippen molar-refractivity contribution in [1.82, 2.24) is 29.5 Å². The summed E-state index contributed by atoms with van der Waals surface area (Å²) in [6.07, 6.45) is 7.53. The summed E-state index contributed by atoms with van der Waals surface area (Å²) in [6.45, 7) is 0.657. The Balaban J connectivity index is 1.74. The van der Waals surface area contributed by atoms with Crippen LogP contribution in [0.3, 0.4) is 0 Å². The highest BCUT2D eigenvalue weighted by atomic mass is 16.2. The molecule has 0 aromatic carbocycles. The third kappa shape index (κ3) is 2.32. The van der Waals surface area contributed by atoms with E-state index >= 15 is 0 Å². The zero-order chi connectivity index (χ0) is 15.8. The quantitative estimate of drug-likeness (QED) is 0.740. The first kappa shape index (κ1) is 13.7. The Labute approximate surface area is 131 Å². The van der Waals surface area contributed by atoms with Crippen LogP contribution in [0.15, 0.2) is 35.5 Å². The number of aromatic amines is 2. The van der Waals surface area contributed by atoms with Gasteiger partial charge in [0.1, 0.15) is 5.69 Å². The summed E-state index contributed by atoms with van der Waals surface area (Å²) in [5, 5.41) is 6.55. The molecule has 1 aliphatic rings. The van der Waals surface area contributed by atoms with Gasteiger partial charge >= 0.3 is 0 Å². The highest BCUT2D eigenvalue weighted by molar-refractivity contribution is 5.92. The Morgan fingerprint density at radius 1 is 1.30 bits per heavy atom. The summed E-state index contributed by atoms with van der Waals surface area (Å²) in [7, 11) is 0. The molecule has 0 bridgehead atoms. The molecule has 3 aromatic heterocycles. The summed E-state index contributed by atoms with van der Waals surface area (Å²) < 4.78 is 1.45. The van der Waals surface area contributed by atoms with E-state index in [9.17, 15) is 9.59 Å². The second kappa shape index (κ2) is 5.38. The minimum Gasteiger partial charge on any atom is -0.329 e. The number of hydrogen-bond acceptors (Lipinski definition) is 4. The van der Waals surface area contributed by atoms with E-state index in [0.717, 1.165) is 25.0 Å². The molecule has 1 unspecified atom stereocenters. The first-order valence-electron chi connectivity index (χ1n) is 7.60. The maximum absolute atomic E-state index is 12.7. The fourth-order valence-electron chi connectivity index (χ4n) is 3.15. The molecule has 118 valence electrons. The lowest BCUT2D eigenvalue weighted by atomic mass is 9.98. The van der Waals surface area contributed by atoms with Crippen molar-refractivity contribution in [3.05, 3.63) is 52.5 Å². The van der Waals surface area contributed by atoms with Crippen LogP contribution in [0.5, 0.6) is 0 Å². The van der Waals surface area contributed by atoms with E-state index < -0.39 is 0 Å². The number of H-pyrrole nitrogens is 2. The van der Waals surface area contributed by atoms with Crippen LogP contribution >= 0.6 is 0 Å². The number of carbonyl (C=O) groups excluding carboxylic acids is 1. The van der Waals surface area contributed by atoms with Crippen molar-refractivity contribution in [2.45, 2.75) is 25.3 Å². The smallest absolute Gasteiger partial charge is 0.272 e. The van der Waals surface area contributed by atoms with Crippen LogP contribution in [0.25, 0.3) is 5.78 Å². The molecule has 8 nitrogen and oxygen atoms in total. The van der Waals surface area contributed by atoms with Gasteiger partial charge in [0.05, 0.1) is 6.04 Å². The molecule has 0 aliphatic carbocycles. The molecule has 23 heavy (non-hydrogen) atoms. The Bertz CT molecular complexity index is 894. The third-order valence-electron chi connectivity index (χ3n) is 4.27. The first-order chi connectivity index (χ1) is 11.2. The minimum atomic E-state index is -0.158. The fraction of sp³-hybridized carbons (Fsp3) is 0.333. The van der Waals surface area contributed by atoms with Crippen molar-refractivity contribution >= 4 is 11.7 Å². The van der Waals surface area contributed by atoms with Crippen LogP contribution in [-0.2, 0) is 0 Å². The number of rotatable bonds is 2. The van der Waals surface area contributed by atoms with Gasteiger partial charge in [0.2, 0.25) is 5.78 Å². The van der Waals surface area contributed by atoms with Gasteiger partial charge in [0.15, 0.2) is 0 Å². The van der Waals surface area contributed by atoms with Crippen LogP contribution in [0.2, 0.25) is 0 Å². The number of hydrogen-bond donors (Lipinski definition) is 2. The first-order valence-corrected chi connectivity index (χ1v) is 7.60. The Hall–Kier alpha value is -2.90. The van der Waals surface area contributed by atoms with Crippen LogP contribution in [0, 0.1) is 0 Å². The average molecular weight is 312 g/mol. The molecule has 1 aliphatic heterocycles. The molecule has 0 spiro atoms. The number of amides is 1. The van der Waals surface area contributed by atoms with Crippen molar-refractivity contribution < 1.29 is 4.79 Å². The van der Waals surface area contributed by atoms with Gasteiger partial charge in [-0.1, -0.05) is 0 Å². The van der Waals surface area contributed by atoms with Crippen molar-refractivity contribution in [1.29, 1.82) is 0 Å². The zero-order valence-corrected chi connectivity index (χ0v) is 12.4. The van der Waals surface area contributed by atoms with Crippen molar-refractivity contribution in [2.75, 3.05) is 6.54 Å². The fourth-order valence-corrected chi connectivity index (χ4v) is 3.15. The van der Waals surface area contributed by atoms with Crippen LogP contribution in [0.1, 0.15) is 41.5 Å².